The summed E-state index contributed by atoms with van der Waals surface area (Å²) in [4.78, 5) is 2.35. The van der Waals surface area contributed by atoms with E-state index in [9.17, 15) is 4.39 Å². The first kappa shape index (κ1) is 13.3. The van der Waals surface area contributed by atoms with E-state index in [4.69, 9.17) is 5.73 Å². The van der Waals surface area contributed by atoms with Crippen LogP contribution in [0.25, 0.3) is 0 Å². The highest BCUT2D eigenvalue weighted by Crippen LogP contribution is 2.33. The zero-order valence-corrected chi connectivity index (χ0v) is 11.3. The Labute approximate surface area is 109 Å². The molecule has 0 bridgehead atoms. The average Bonchev–Trinajstić information content (AvgIpc) is 2.38. The fourth-order valence-electron chi connectivity index (χ4n) is 2.97. The van der Waals surface area contributed by atoms with Crippen molar-refractivity contribution in [1.29, 1.82) is 0 Å². The molecule has 1 aromatic carbocycles. The minimum atomic E-state index is -0.263. The van der Waals surface area contributed by atoms with E-state index in [2.05, 4.69) is 11.8 Å². The second-order valence-corrected chi connectivity index (χ2v) is 5.21. The number of rotatable bonds is 3. The van der Waals surface area contributed by atoms with Crippen LogP contribution in [-0.2, 0) is 0 Å². The van der Waals surface area contributed by atoms with E-state index in [1.807, 2.05) is 13.0 Å². The summed E-state index contributed by atoms with van der Waals surface area (Å²) in [5.74, 6) is -0.178. The van der Waals surface area contributed by atoms with Gasteiger partial charge < -0.3 is 10.6 Å². The lowest BCUT2D eigenvalue weighted by molar-refractivity contribution is 0.447. The molecule has 1 fully saturated rings. The van der Waals surface area contributed by atoms with Gasteiger partial charge in [0, 0.05) is 29.9 Å². The average molecular weight is 250 g/mol. The van der Waals surface area contributed by atoms with E-state index < -0.39 is 0 Å². The first-order valence-corrected chi connectivity index (χ1v) is 6.95. The molecule has 0 spiro atoms. The molecule has 1 heterocycles. The standard InChI is InChI=1S/C15H23FN2/c1-3-12-7-4-5-10-18(12)14-9-6-8-13(16)15(14)11(2)17/h6,8-9,11-12H,3-5,7,10,17H2,1-2H3/t11-,12?/m1/s1. The molecule has 0 radical (unpaired) electrons. The quantitative estimate of drug-likeness (QED) is 0.888. The van der Waals surface area contributed by atoms with Crippen LogP contribution in [0.15, 0.2) is 18.2 Å². The van der Waals surface area contributed by atoms with Crippen LogP contribution in [-0.4, -0.2) is 12.6 Å². The van der Waals surface area contributed by atoms with Crippen LogP contribution in [0.2, 0.25) is 0 Å². The van der Waals surface area contributed by atoms with Gasteiger partial charge in [-0.2, -0.15) is 0 Å². The molecule has 3 heteroatoms. The second-order valence-electron chi connectivity index (χ2n) is 5.21. The molecule has 1 saturated heterocycles. The molecular weight excluding hydrogens is 227 g/mol. The zero-order valence-electron chi connectivity index (χ0n) is 11.3. The molecule has 18 heavy (non-hydrogen) atoms. The molecule has 2 atom stereocenters. The number of nitrogens with zero attached hydrogens (tertiary/aromatic N) is 1. The third-order valence-electron chi connectivity index (χ3n) is 3.89. The number of halogens is 1. The van der Waals surface area contributed by atoms with Gasteiger partial charge in [-0.3, -0.25) is 0 Å². The number of hydrogen-bond acceptors (Lipinski definition) is 2. The predicted octanol–water partition coefficient (Wildman–Crippen LogP) is 3.61. The first-order valence-electron chi connectivity index (χ1n) is 6.95. The van der Waals surface area contributed by atoms with Crippen molar-refractivity contribution in [2.24, 2.45) is 5.73 Å². The van der Waals surface area contributed by atoms with Gasteiger partial charge in [-0.15, -0.1) is 0 Å². The molecular formula is C15H23FN2. The lowest BCUT2D eigenvalue weighted by atomic mass is 9.96. The van der Waals surface area contributed by atoms with Crippen molar-refractivity contribution in [3.8, 4) is 0 Å². The monoisotopic (exact) mass is 250 g/mol. The lowest BCUT2D eigenvalue weighted by Gasteiger charge is -2.38. The molecule has 0 amide bonds. The Morgan fingerprint density at radius 3 is 2.89 bits per heavy atom. The molecule has 2 nitrogen and oxygen atoms in total. The molecule has 1 aliphatic rings. The Morgan fingerprint density at radius 2 is 2.22 bits per heavy atom. The normalized spacial score (nSPS) is 22.0. The summed E-state index contributed by atoms with van der Waals surface area (Å²) in [6.45, 7) is 5.07. The van der Waals surface area contributed by atoms with Gasteiger partial charge in [0.25, 0.3) is 0 Å². The fourth-order valence-corrected chi connectivity index (χ4v) is 2.97. The van der Waals surface area contributed by atoms with Crippen molar-refractivity contribution >= 4 is 5.69 Å². The van der Waals surface area contributed by atoms with Gasteiger partial charge in [-0.25, -0.2) is 4.39 Å². The first-order chi connectivity index (χ1) is 8.65. The summed E-state index contributed by atoms with van der Waals surface area (Å²) < 4.78 is 14.0. The molecule has 1 unspecified atom stereocenters. The van der Waals surface area contributed by atoms with Crippen LogP contribution in [0.4, 0.5) is 10.1 Å². The van der Waals surface area contributed by atoms with Crippen molar-refractivity contribution in [3.05, 3.63) is 29.6 Å². The van der Waals surface area contributed by atoms with E-state index in [-0.39, 0.29) is 11.9 Å². The van der Waals surface area contributed by atoms with Gasteiger partial charge in [0.15, 0.2) is 0 Å². The summed E-state index contributed by atoms with van der Waals surface area (Å²) in [7, 11) is 0. The Hall–Kier alpha value is -1.09. The molecule has 1 aliphatic heterocycles. The Balaban J connectivity index is 2.39. The van der Waals surface area contributed by atoms with Crippen LogP contribution in [0.5, 0.6) is 0 Å². The second kappa shape index (κ2) is 5.70. The Bertz CT molecular complexity index is 403. The summed E-state index contributed by atoms with van der Waals surface area (Å²) in [6, 6.07) is 5.57. The highest BCUT2D eigenvalue weighted by Gasteiger charge is 2.25. The number of nitrogens with two attached hydrogens (primary N) is 1. The van der Waals surface area contributed by atoms with Gasteiger partial charge in [0.2, 0.25) is 0 Å². The molecule has 0 aliphatic carbocycles. The van der Waals surface area contributed by atoms with Crippen molar-refractivity contribution in [2.75, 3.05) is 11.4 Å². The third-order valence-corrected chi connectivity index (χ3v) is 3.89. The van der Waals surface area contributed by atoms with E-state index in [1.165, 1.54) is 25.3 Å². The van der Waals surface area contributed by atoms with Crippen molar-refractivity contribution in [3.63, 3.8) is 0 Å². The van der Waals surface area contributed by atoms with E-state index >= 15 is 0 Å². The number of anilines is 1. The smallest absolute Gasteiger partial charge is 0.130 e. The lowest BCUT2D eigenvalue weighted by Crippen LogP contribution is -2.40. The largest absolute Gasteiger partial charge is 0.368 e. The summed E-state index contributed by atoms with van der Waals surface area (Å²) in [6.07, 6.45) is 4.77. The Kier molecular flexibility index (Phi) is 4.23. The minimum absolute atomic E-state index is 0.178. The maximum Gasteiger partial charge on any atom is 0.130 e. The summed E-state index contributed by atoms with van der Waals surface area (Å²) >= 11 is 0. The highest BCUT2D eigenvalue weighted by atomic mass is 19.1. The van der Waals surface area contributed by atoms with Crippen molar-refractivity contribution < 1.29 is 4.39 Å². The SMILES string of the molecule is CCC1CCCCN1c1cccc(F)c1[C@@H](C)N. The number of hydrogen-bond donors (Lipinski definition) is 1. The molecule has 100 valence electrons. The van der Waals surface area contributed by atoms with Crippen LogP contribution in [0.3, 0.4) is 0 Å². The van der Waals surface area contributed by atoms with E-state index in [0.29, 0.717) is 11.6 Å². The van der Waals surface area contributed by atoms with Crippen molar-refractivity contribution in [1.82, 2.24) is 0 Å². The van der Waals surface area contributed by atoms with Gasteiger partial charge in [-0.05, 0) is 44.7 Å². The number of benzene rings is 1. The van der Waals surface area contributed by atoms with E-state index in [1.54, 1.807) is 6.07 Å². The maximum absolute atomic E-state index is 14.0. The topological polar surface area (TPSA) is 29.3 Å². The fraction of sp³-hybridized carbons (Fsp3) is 0.600. The maximum atomic E-state index is 14.0. The molecule has 0 saturated carbocycles. The van der Waals surface area contributed by atoms with E-state index in [0.717, 1.165) is 18.7 Å². The summed E-state index contributed by atoms with van der Waals surface area (Å²) in [5, 5.41) is 0. The van der Waals surface area contributed by atoms with Crippen LogP contribution >= 0.6 is 0 Å². The summed E-state index contributed by atoms with van der Waals surface area (Å²) in [5.41, 5.74) is 7.60. The van der Waals surface area contributed by atoms with Gasteiger partial charge in [0.05, 0.1) is 0 Å². The predicted molar refractivity (Wildman–Crippen MR) is 74.3 cm³/mol. The van der Waals surface area contributed by atoms with Gasteiger partial charge >= 0.3 is 0 Å². The zero-order chi connectivity index (χ0) is 13.1. The molecule has 0 aromatic heterocycles. The highest BCUT2D eigenvalue weighted by molar-refractivity contribution is 5.56. The number of piperidine rings is 1. The van der Waals surface area contributed by atoms with Crippen LogP contribution in [0, 0.1) is 5.82 Å². The molecule has 2 rings (SSSR count). The van der Waals surface area contributed by atoms with Crippen molar-refractivity contribution in [2.45, 2.75) is 51.6 Å². The van der Waals surface area contributed by atoms with Crippen LogP contribution < -0.4 is 10.6 Å². The van der Waals surface area contributed by atoms with Crippen LogP contribution in [0.1, 0.15) is 51.1 Å². The van der Waals surface area contributed by atoms with Gasteiger partial charge in [0.1, 0.15) is 5.82 Å². The molecule has 1 aromatic rings. The third kappa shape index (κ3) is 2.51. The Morgan fingerprint density at radius 1 is 1.44 bits per heavy atom. The molecule has 2 N–H and O–H groups in total. The van der Waals surface area contributed by atoms with Gasteiger partial charge in [-0.1, -0.05) is 13.0 Å². The minimum Gasteiger partial charge on any atom is -0.368 e.